The van der Waals surface area contributed by atoms with Crippen LogP contribution in [-0.4, -0.2) is 61.4 Å². The summed E-state index contributed by atoms with van der Waals surface area (Å²) < 4.78 is 15.5. The zero-order valence-electron chi connectivity index (χ0n) is 33.7. The highest BCUT2D eigenvalue weighted by molar-refractivity contribution is 5.95. The van der Waals surface area contributed by atoms with Crippen LogP contribution in [0.15, 0.2) is 97.3 Å². The van der Waals surface area contributed by atoms with Crippen LogP contribution < -0.4 is 16.2 Å². The van der Waals surface area contributed by atoms with Crippen molar-refractivity contribution in [3.8, 4) is 22.4 Å². The van der Waals surface area contributed by atoms with Crippen molar-refractivity contribution < 1.29 is 24.2 Å². The molecular weight excluding hydrogens is 733 g/mol. The molecular formula is C45H52N8O5. The number of hydrazine groups is 1. The summed E-state index contributed by atoms with van der Waals surface area (Å²) in [6.45, 7) is 10.2. The highest BCUT2D eigenvalue weighted by Gasteiger charge is 2.31. The molecule has 0 unspecified atom stereocenters. The second-order valence-corrected chi connectivity index (χ2v) is 15.5. The third kappa shape index (κ3) is 8.81. The van der Waals surface area contributed by atoms with E-state index in [1.807, 2.05) is 78.5 Å². The molecule has 3 aromatic carbocycles. The van der Waals surface area contributed by atoms with E-state index in [2.05, 4.69) is 82.3 Å². The minimum absolute atomic E-state index is 0.0423. The van der Waals surface area contributed by atoms with E-state index in [1.54, 1.807) is 7.11 Å². The number of hydrogen-bond donors (Lipinski definition) is 4. The number of aromatic nitrogens is 5. The molecule has 1 saturated heterocycles. The normalized spacial score (nSPS) is 15.6. The first kappa shape index (κ1) is 40.3. The Bertz CT molecular complexity index is 2370. The predicted molar refractivity (Wildman–Crippen MR) is 223 cm³/mol. The summed E-state index contributed by atoms with van der Waals surface area (Å²) in [5.74, 6) is -1.15. The standard InChI is InChI=1S/C45H52N8O5/c1-6-52-40-20-19-33(32-16-10-15-31(23-32)24-38(43(54)55)48-44(56)58-28-30-13-8-7-9-14-30)25-35(40)36(42(52)34-17-11-21-46-41(34)29(2)57-5)26-45(3,4)53-27-39(50-51-53)37-18-12-22-47-49-37/h7-11,13-17,19-21,23,25,27,29,37-38,47,49H,6,12,18,22,24,26,28H2,1-5H3,(H,48,56)(H,54,55)/t29-,37-,38-/m0/s1. The summed E-state index contributed by atoms with van der Waals surface area (Å²) >= 11 is 0. The third-order valence-electron chi connectivity index (χ3n) is 11.0. The van der Waals surface area contributed by atoms with Gasteiger partial charge in [-0.05, 0) is 99.0 Å². The first-order valence-corrected chi connectivity index (χ1v) is 19.9. The maximum absolute atomic E-state index is 12.6. The van der Waals surface area contributed by atoms with Gasteiger partial charge in [-0.15, -0.1) is 5.10 Å². The first-order chi connectivity index (χ1) is 28.1. The van der Waals surface area contributed by atoms with Crippen LogP contribution in [-0.2, 0) is 45.8 Å². The van der Waals surface area contributed by atoms with E-state index in [4.69, 9.17) is 14.5 Å². The molecule has 0 saturated carbocycles. The zero-order valence-corrected chi connectivity index (χ0v) is 33.7. The van der Waals surface area contributed by atoms with E-state index < -0.39 is 23.6 Å². The maximum Gasteiger partial charge on any atom is 0.408 e. The number of pyridine rings is 1. The molecule has 0 bridgehead atoms. The Labute approximate surface area is 338 Å². The minimum Gasteiger partial charge on any atom is -0.480 e. The first-order valence-electron chi connectivity index (χ1n) is 19.9. The molecule has 3 atom stereocenters. The van der Waals surface area contributed by atoms with Gasteiger partial charge in [0.05, 0.1) is 35.3 Å². The molecule has 3 aromatic heterocycles. The largest absolute Gasteiger partial charge is 0.480 e. The number of carbonyl (C=O) groups excluding carboxylic acids is 1. The van der Waals surface area contributed by atoms with Gasteiger partial charge in [-0.2, -0.15) is 0 Å². The molecule has 6 aromatic rings. The fourth-order valence-corrected chi connectivity index (χ4v) is 7.82. The molecule has 1 fully saturated rings. The summed E-state index contributed by atoms with van der Waals surface area (Å²) in [6.07, 6.45) is 5.62. The second-order valence-electron chi connectivity index (χ2n) is 15.5. The van der Waals surface area contributed by atoms with Gasteiger partial charge in [-0.1, -0.05) is 65.9 Å². The monoisotopic (exact) mass is 784 g/mol. The molecule has 4 N–H and O–H groups in total. The van der Waals surface area contributed by atoms with E-state index in [9.17, 15) is 14.7 Å². The Morgan fingerprint density at radius 1 is 1.02 bits per heavy atom. The molecule has 0 radical (unpaired) electrons. The number of ether oxygens (including phenoxy) is 2. The topological polar surface area (TPSA) is 157 Å². The van der Waals surface area contributed by atoms with Gasteiger partial charge in [-0.3, -0.25) is 10.4 Å². The summed E-state index contributed by atoms with van der Waals surface area (Å²) in [4.78, 5) is 29.8. The van der Waals surface area contributed by atoms with Gasteiger partial charge in [0.1, 0.15) is 18.3 Å². The van der Waals surface area contributed by atoms with Gasteiger partial charge in [0.2, 0.25) is 0 Å². The number of benzene rings is 3. The lowest BCUT2D eigenvalue weighted by molar-refractivity contribution is -0.139. The summed E-state index contributed by atoms with van der Waals surface area (Å²) in [5.41, 5.74) is 15.7. The number of carboxylic acids is 1. The SMILES string of the molecule is CCn1c(-c2cccnc2[C@H](C)OC)c(CC(C)(C)n2cc([C@@H]3CCCNN3)nn2)c2cc(-c3cccc(C[C@H](NC(=O)OCc4ccccc4)C(=O)O)c3)ccc21. The van der Waals surface area contributed by atoms with E-state index >= 15 is 0 Å². The van der Waals surface area contributed by atoms with Crippen molar-refractivity contribution in [1.29, 1.82) is 0 Å². The number of nitrogens with zero attached hydrogens (tertiary/aromatic N) is 5. The number of alkyl carbamates (subject to hydrolysis) is 1. The van der Waals surface area contributed by atoms with Crippen LogP contribution in [0.1, 0.15) is 80.8 Å². The predicted octanol–water partition coefficient (Wildman–Crippen LogP) is 7.52. The Hall–Kier alpha value is -5.89. The van der Waals surface area contributed by atoms with Crippen molar-refractivity contribution in [3.63, 3.8) is 0 Å². The van der Waals surface area contributed by atoms with Crippen LogP contribution in [0.4, 0.5) is 4.79 Å². The number of methoxy groups -OCH3 is 1. The van der Waals surface area contributed by atoms with Crippen molar-refractivity contribution in [2.75, 3.05) is 13.7 Å². The molecule has 58 heavy (non-hydrogen) atoms. The van der Waals surface area contributed by atoms with Crippen LogP contribution in [0.5, 0.6) is 0 Å². The fraction of sp³-hybridized carbons (Fsp3) is 0.356. The zero-order chi connectivity index (χ0) is 40.8. The Morgan fingerprint density at radius 2 is 1.81 bits per heavy atom. The molecule has 13 nitrogen and oxygen atoms in total. The highest BCUT2D eigenvalue weighted by atomic mass is 16.5. The van der Waals surface area contributed by atoms with Gasteiger partial charge < -0.3 is 24.5 Å². The number of fused-ring (bicyclic) bond motifs is 1. The van der Waals surface area contributed by atoms with E-state index in [0.717, 1.165) is 87.3 Å². The van der Waals surface area contributed by atoms with E-state index in [1.165, 1.54) is 0 Å². The average molecular weight is 785 g/mol. The van der Waals surface area contributed by atoms with Gasteiger partial charge in [-0.25, -0.2) is 19.7 Å². The number of carbonyl (C=O) groups is 2. The van der Waals surface area contributed by atoms with Crippen molar-refractivity contribution in [3.05, 3.63) is 125 Å². The molecule has 4 heterocycles. The highest BCUT2D eigenvalue weighted by Crippen LogP contribution is 2.41. The van der Waals surface area contributed by atoms with Crippen LogP contribution in [0, 0.1) is 0 Å². The Morgan fingerprint density at radius 3 is 2.55 bits per heavy atom. The van der Waals surface area contributed by atoms with Crippen molar-refractivity contribution in [1.82, 2.24) is 40.7 Å². The van der Waals surface area contributed by atoms with Gasteiger partial charge >= 0.3 is 12.1 Å². The number of aryl methyl sites for hydroxylation is 1. The molecule has 302 valence electrons. The molecule has 1 amide bonds. The van der Waals surface area contributed by atoms with Crippen LogP contribution in [0.3, 0.4) is 0 Å². The lowest BCUT2D eigenvalue weighted by Gasteiger charge is -2.26. The molecule has 7 rings (SSSR count). The lowest BCUT2D eigenvalue weighted by Crippen LogP contribution is -2.42. The number of carboxylic acid groups (broad SMARTS) is 1. The number of aliphatic carboxylic acids is 1. The Kier molecular flexibility index (Phi) is 12.3. The van der Waals surface area contributed by atoms with Crippen LogP contribution in [0.25, 0.3) is 33.3 Å². The van der Waals surface area contributed by atoms with Gasteiger partial charge in [0.25, 0.3) is 0 Å². The van der Waals surface area contributed by atoms with Crippen LogP contribution in [0.2, 0.25) is 0 Å². The summed E-state index contributed by atoms with van der Waals surface area (Å²) in [7, 11) is 1.70. The van der Waals surface area contributed by atoms with Crippen molar-refractivity contribution in [2.45, 2.75) is 90.3 Å². The number of nitrogens with one attached hydrogen (secondary N) is 3. The molecule has 13 heteroatoms. The van der Waals surface area contributed by atoms with Crippen molar-refractivity contribution in [2.24, 2.45) is 0 Å². The smallest absolute Gasteiger partial charge is 0.408 e. The second kappa shape index (κ2) is 17.7. The minimum atomic E-state index is -1.18. The molecule has 1 aliphatic heterocycles. The number of hydrogen-bond acceptors (Lipinski definition) is 9. The van der Waals surface area contributed by atoms with Gasteiger partial charge in [0, 0.05) is 49.3 Å². The van der Waals surface area contributed by atoms with E-state index in [-0.39, 0.29) is 25.2 Å². The maximum atomic E-state index is 12.6. The molecule has 0 aliphatic carbocycles. The fourth-order valence-electron chi connectivity index (χ4n) is 7.82. The lowest BCUT2D eigenvalue weighted by atomic mass is 9.89. The summed E-state index contributed by atoms with van der Waals surface area (Å²) in [5, 5.41) is 23.0. The van der Waals surface area contributed by atoms with Crippen LogP contribution >= 0.6 is 0 Å². The number of rotatable bonds is 15. The Balaban J connectivity index is 1.25. The summed E-state index contributed by atoms with van der Waals surface area (Å²) in [6, 6.07) is 26.6. The van der Waals surface area contributed by atoms with E-state index in [0.29, 0.717) is 6.42 Å². The molecule has 0 spiro atoms. The number of amides is 1. The molecule has 1 aliphatic rings. The third-order valence-corrected chi connectivity index (χ3v) is 11.0. The quantitative estimate of drug-likeness (QED) is 0.0822. The average Bonchev–Trinajstić information content (AvgIpc) is 3.87. The van der Waals surface area contributed by atoms with Gasteiger partial charge in [0.15, 0.2) is 0 Å². The van der Waals surface area contributed by atoms with Crippen molar-refractivity contribution >= 4 is 23.0 Å².